The van der Waals surface area contributed by atoms with Gasteiger partial charge in [-0.25, -0.2) is 14.6 Å². The third-order valence-electron chi connectivity index (χ3n) is 8.18. The topological polar surface area (TPSA) is 135 Å². The number of nitrogens with one attached hydrogen (secondary N) is 1. The number of para-hydroxylation sites is 1. The fourth-order valence-electron chi connectivity index (χ4n) is 5.82. The van der Waals surface area contributed by atoms with Crippen LogP contribution in [0, 0.1) is 0 Å². The number of pyridine rings is 2. The predicted octanol–water partition coefficient (Wildman–Crippen LogP) is 5.33. The Labute approximate surface area is 275 Å². The average Bonchev–Trinajstić information content (AvgIpc) is 3.40. The lowest BCUT2D eigenvalue weighted by atomic mass is 9.85. The van der Waals surface area contributed by atoms with Crippen molar-refractivity contribution in [2.75, 3.05) is 32.6 Å². The molecule has 0 saturated heterocycles. The van der Waals surface area contributed by atoms with E-state index >= 15 is 0 Å². The minimum Gasteiger partial charge on any atom is -0.457 e. The van der Waals surface area contributed by atoms with Crippen molar-refractivity contribution in [1.29, 1.82) is 0 Å². The number of fused-ring (bicyclic) bond motifs is 5. The number of amides is 1. The van der Waals surface area contributed by atoms with Gasteiger partial charge in [-0.3, -0.25) is 9.59 Å². The zero-order valence-corrected chi connectivity index (χ0v) is 27.9. The van der Waals surface area contributed by atoms with Crippen LogP contribution in [0.5, 0.6) is 0 Å². The van der Waals surface area contributed by atoms with Crippen molar-refractivity contribution < 1.29 is 33.3 Å². The molecule has 0 fully saturated rings. The molecule has 2 aliphatic rings. The lowest BCUT2D eigenvalue weighted by Crippen LogP contribution is -2.47. The van der Waals surface area contributed by atoms with E-state index in [0.29, 0.717) is 36.1 Å². The summed E-state index contributed by atoms with van der Waals surface area (Å²) < 4.78 is 23.3. The molecule has 0 aliphatic carbocycles. The number of hydrogen-bond acceptors (Lipinski definition) is 11. The van der Waals surface area contributed by atoms with E-state index in [-0.39, 0.29) is 55.4 Å². The zero-order chi connectivity index (χ0) is 32.7. The van der Waals surface area contributed by atoms with Crippen molar-refractivity contribution in [3.8, 4) is 11.4 Å². The van der Waals surface area contributed by atoms with Crippen LogP contribution in [0.4, 0.5) is 4.79 Å². The van der Waals surface area contributed by atoms with Gasteiger partial charge in [0.25, 0.3) is 5.56 Å². The van der Waals surface area contributed by atoms with E-state index in [1.807, 2.05) is 41.1 Å². The second kappa shape index (κ2) is 15.4. The van der Waals surface area contributed by atoms with Crippen molar-refractivity contribution in [2.45, 2.75) is 70.0 Å². The standard InChI is InChI=1S/C33H39N3O8S2/c1-4-33(44-32(40)42-16-15-41-14-13-34-28(37)12-8-5-9-21(2)46-45-3)25-18-27-29-23(17-22-10-6-7-11-26(22)35-29)19-36(27)30(38)24(25)20-43-31(33)39/h6-7,10-11,17-18,21H,4-5,8-9,12-16,19-20H2,1-3H3,(H,34,37). The first-order chi connectivity index (χ1) is 22.3. The summed E-state index contributed by atoms with van der Waals surface area (Å²) in [6.07, 6.45) is 4.43. The molecule has 1 amide bonds. The minimum absolute atomic E-state index is 0.0176. The van der Waals surface area contributed by atoms with Gasteiger partial charge < -0.3 is 28.8 Å². The fourth-order valence-corrected chi connectivity index (χ4v) is 7.69. The Hall–Kier alpha value is -3.55. The number of benzene rings is 1. The Balaban J connectivity index is 1.15. The molecular formula is C33H39N3O8S2. The number of hydrogen-bond donors (Lipinski definition) is 1. The first-order valence-corrected chi connectivity index (χ1v) is 18.1. The Morgan fingerprint density at radius 1 is 1.15 bits per heavy atom. The van der Waals surface area contributed by atoms with Crippen LogP contribution in [0.15, 0.2) is 41.2 Å². The molecule has 3 aromatic rings. The van der Waals surface area contributed by atoms with Crippen LogP contribution in [0.3, 0.4) is 0 Å². The van der Waals surface area contributed by atoms with Crippen LogP contribution in [-0.2, 0) is 47.3 Å². The van der Waals surface area contributed by atoms with E-state index in [4.69, 9.17) is 23.9 Å². The summed E-state index contributed by atoms with van der Waals surface area (Å²) in [6, 6.07) is 11.4. The lowest BCUT2D eigenvalue weighted by Gasteiger charge is -2.35. The van der Waals surface area contributed by atoms with E-state index in [0.717, 1.165) is 35.7 Å². The maximum Gasteiger partial charge on any atom is 0.509 e. The molecule has 13 heteroatoms. The number of cyclic esters (lactones) is 1. The van der Waals surface area contributed by atoms with Gasteiger partial charge in [0.2, 0.25) is 11.5 Å². The third kappa shape index (κ3) is 7.37. The largest absolute Gasteiger partial charge is 0.509 e. The molecule has 1 aromatic carbocycles. The van der Waals surface area contributed by atoms with Crippen molar-refractivity contribution in [3.05, 3.63) is 63.4 Å². The van der Waals surface area contributed by atoms with E-state index in [1.54, 1.807) is 28.4 Å². The molecule has 46 heavy (non-hydrogen) atoms. The van der Waals surface area contributed by atoms with Crippen molar-refractivity contribution in [3.63, 3.8) is 0 Å². The number of ether oxygens (including phenoxy) is 4. The van der Waals surface area contributed by atoms with Gasteiger partial charge in [-0.15, -0.1) is 0 Å². The maximum absolute atomic E-state index is 13.6. The fraction of sp³-hybridized carbons (Fsp3) is 0.485. The van der Waals surface area contributed by atoms with Gasteiger partial charge in [-0.05, 0) is 43.7 Å². The smallest absolute Gasteiger partial charge is 0.457 e. The summed E-state index contributed by atoms with van der Waals surface area (Å²) in [5.74, 6) is -0.787. The number of nitrogens with zero attached hydrogens (tertiary/aromatic N) is 2. The molecule has 2 aromatic heterocycles. The van der Waals surface area contributed by atoms with Gasteiger partial charge in [0.1, 0.15) is 13.2 Å². The molecule has 2 atom stereocenters. The molecule has 0 saturated carbocycles. The number of carbonyl (C=O) groups is 3. The van der Waals surface area contributed by atoms with Crippen LogP contribution in [0.2, 0.25) is 0 Å². The van der Waals surface area contributed by atoms with Crippen molar-refractivity contribution in [1.82, 2.24) is 14.9 Å². The third-order valence-corrected chi connectivity index (χ3v) is 10.5. The van der Waals surface area contributed by atoms with Crippen LogP contribution in [0.25, 0.3) is 22.3 Å². The number of aromatic nitrogens is 2. The SMILES string of the molecule is CCC1(OC(=O)OCCOCCNC(=O)CCCCC(C)SSC)C(=O)OCc2c1cc1n(c2=O)Cc2cc3ccccc3nc2-1. The molecule has 246 valence electrons. The van der Waals surface area contributed by atoms with Gasteiger partial charge in [0.15, 0.2) is 0 Å². The summed E-state index contributed by atoms with van der Waals surface area (Å²) >= 11 is 0. The molecule has 5 rings (SSSR count). The molecule has 0 bridgehead atoms. The molecule has 11 nitrogen and oxygen atoms in total. The van der Waals surface area contributed by atoms with E-state index in [2.05, 4.69) is 18.5 Å². The van der Waals surface area contributed by atoms with Gasteiger partial charge in [0.05, 0.1) is 42.2 Å². The summed E-state index contributed by atoms with van der Waals surface area (Å²) in [6.45, 7) is 4.53. The van der Waals surface area contributed by atoms with E-state index in [9.17, 15) is 19.2 Å². The normalized spacial score (nSPS) is 17.1. The van der Waals surface area contributed by atoms with Crippen molar-refractivity contribution >= 4 is 50.5 Å². The predicted molar refractivity (Wildman–Crippen MR) is 178 cm³/mol. The monoisotopic (exact) mass is 669 g/mol. The molecular weight excluding hydrogens is 631 g/mol. The minimum atomic E-state index is -1.85. The summed E-state index contributed by atoms with van der Waals surface area (Å²) in [5, 5.41) is 4.37. The highest BCUT2D eigenvalue weighted by molar-refractivity contribution is 8.76. The Morgan fingerprint density at radius 3 is 2.78 bits per heavy atom. The highest BCUT2D eigenvalue weighted by atomic mass is 33.1. The maximum atomic E-state index is 13.6. The van der Waals surface area contributed by atoms with Crippen molar-refractivity contribution in [2.24, 2.45) is 0 Å². The number of unbranched alkanes of at least 4 members (excludes halogenated alkanes) is 1. The Morgan fingerprint density at radius 2 is 1.98 bits per heavy atom. The number of carbonyl (C=O) groups excluding carboxylic acids is 3. The number of esters is 1. The quantitative estimate of drug-likeness (QED) is 0.0999. The van der Waals surface area contributed by atoms with Gasteiger partial charge in [-0.1, -0.05) is 60.1 Å². The Bertz CT molecular complexity index is 1660. The van der Waals surface area contributed by atoms with Crippen LogP contribution >= 0.6 is 21.6 Å². The first-order valence-electron chi connectivity index (χ1n) is 15.5. The van der Waals surface area contributed by atoms with Gasteiger partial charge in [-0.2, -0.15) is 0 Å². The molecule has 4 heterocycles. The lowest BCUT2D eigenvalue weighted by molar-refractivity contribution is -0.175. The van der Waals surface area contributed by atoms with Gasteiger partial charge >= 0.3 is 12.1 Å². The molecule has 2 aliphatic heterocycles. The molecule has 0 spiro atoms. The highest BCUT2D eigenvalue weighted by Crippen LogP contribution is 2.41. The van der Waals surface area contributed by atoms with Crippen LogP contribution in [0.1, 0.15) is 62.6 Å². The summed E-state index contributed by atoms with van der Waals surface area (Å²) in [5.41, 5.74) is 1.23. The highest BCUT2D eigenvalue weighted by Gasteiger charge is 2.51. The first kappa shape index (κ1) is 33.8. The van der Waals surface area contributed by atoms with Crippen LogP contribution in [-0.4, -0.2) is 65.5 Å². The van der Waals surface area contributed by atoms with E-state index in [1.165, 1.54) is 0 Å². The second-order valence-electron chi connectivity index (χ2n) is 11.2. The Kier molecular flexibility index (Phi) is 11.3. The summed E-state index contributed by atoms with van der Waals surface area (Å²) in [7, 11) is 3.61. The second-order valence-corrected chi connectivity index (χ2v) is 14.1. The zero-order valence-electron chi connectivity index (χ0n) is 26.3. The molecule has 1 N–H and O–H groups in total. The molecule has 2 unspecified atom stereocenters. The van der Waals surface area contributed by atoms with Crippen LogP contribution < -0.4 is 10.9 Å². The summed E-state index contributed by atoms with van der Waals surface area (Å²) in [4.78, 5) is 56.5. The average molecular weight is 670 g/mol. The molecule has 0 radical (unpaired) electrons. The van der Waals surface area contributed by atoms with Gasteiger partial charge in [0, 0.05) is 34.7 Å². The number of rotatable bonds is 15. The van der Waals surface area contributed by atoms with E-state index < -0.39 is 17.7 Å².